The number of nitrogens with zero attached hydrogens (tertiary/aromatic N) is 1. The van der Waals surface area contributed by atoms with Gasteiger partial charge in [-0.05, 0) is 26.2 Å². The number of hydrogen-bond acceptors (Lipinski definition) is 2. The Balaban J connectivity index is 2.49. The van der Waals surface area contributed by atoms with Crippen LogP contribution in [0.15, 0.2) is 29.3 Å². The first-order chi connectivity index (χ1) is 8.98. The van der Waals surface area contributed by atoms with Crippen molar-refractivity contribution < 1.29 is 4.39 Å². The number of benzene rings is 1. The van der Waals surface area contributed by atoms with E-state index in [0.29, 0.717) is 18.1 Å². The lowest BCUT2D eigenvalue weighted by atomic mass is 10.2. The molecule has 0 radical (unpaired) electrons. The molecule has 106 valence electrons. The highest BCUT2D eigenvalue weighted by atomic mass is 32.2. The monoisotopic (exact) mass is 283 g/mol. The second-order valence-electron chi connectivity index (χ2n) is 4.83. The molecule has 19 heavy (non-hydrogen) atoms. The minimum Gasteiger partial charge on any atom is -0.355 e. The fourth-order valence-corrected chi connectivity index (χ4v) is 1.63. The smallest absolute Gasteiger partial charge is 0.191 e. The molecule has 0 saturated heterocycles. The molecule has 5 heteroatoms. The van der Waals surface area contributed by atoms with Crippen molar-refractivity contribution in [2.24, 2.45) is 4.99 Å². The zero-order chi connectivity index (χ0) is 14.3. The van der Waals surface area contributed by atoms with Gasteiger partial charge in [-0.15, -0.1) is 0 Å². The molecule has 0 aliphatic rings. The van der Waals surface area contributed by atoms with Crippen LogP contribution in [0, 0.1) is 5.82 Å². The molecule has 0 aliphatic carbocycles. The summed E-state index contributed by atoms with van der Waals surface area (Å²) in [5.74, 6) is 0.486. The Labute approximate surface area is 119 Å². The summed E-state index contributed by atoms with van der Waals surface area (Å²) in [5.41, 5.74) is 0.634. The summed E-state index contributed by atoms with van der Waals surface area (Å²) in [6, 6.07) is 6.74. The van der Waals surface area contributed by atoms with Crippen molar-refractivity contribution in [3.63, 3.8) is 0 Å². The van der Waals surface area contributed by atoms with Gasteiger partial charge in [0, 0.05) is 30.4 Å². The zero-order valence-electron chi connectivity index (χ0n) is 12.0. The molecule has 0 amide bonds. The van der Waals surface area contributed by atoms with Gasteiger partial charge in [-0.2, -0.15) is 11.8 Å². The third-order valence-electron chi connectivity index (χ3n) is 2.86. The van der Waals surface area contributed by atoms with Crippen LogP contribution in [0.3, 0.4) is 0 Å². The van der Waals surface area contributed by atoms with Crippen molar-refractivity contribution >= 4 is 17.7 Å². The molecule has 0 saturated carbocycles. The van der Waals surface area contributed by atoms with Crippen LogP contribution in [0.2, 0.25) is 0 Å². The number of nitrogens with one attached hydrogen (secondary N) is 2. The summed E-state index contributed by atoms with van der Waals surface area (Å²) in [6.07, 6.45) is 2.08. The highest BCUT2D eigenvalue weighted by Gasteiger charge is 2.16. The van der Waals surface area contributed by atoms with Crippen molar-refractivity contribution in [2.45, 2.75) is 25.1 Å². The van der Waals surface area contributed by atoms with E-state index >= 15 is 0 Å². The quantitative estimate of drug-likeness (QED) is 0.644. The summed E-state index contributed by atoms with van der Waals surface area (Å²) >= 11 is 1.79. The van der Waals surface area contributed by atoms with Crippen molar-refractivity contribution in [1.82, 2.24) is 10.6 Å². The molecule has 0 fully saturated rings. The molecule has 0 spiro atoms. The van der Waals surface area contributed by atoms with Crippen molar-refractivity contribution in [3.05, 3.63) is 35.6 Å². The maximum absolute atomic E-state index is 13.5. The van der Waals surface area contributed by atoms with Gasteiger partial charge < -0.3 is 10.6 Å². The Bertz CT molecular complexity index is 432. The maximum atomic E-state index is 13.5. The summed E-state index contributed by atoms with van der Waals surface area (Å²) < 4.78 is 13.6. The molecule has 0 unspecified atom stereocenters. The largest absolute Gasteiger partial charge is 0.355 e. The number of guanidine groups is 1. The van der Waals surface area contributed by atoms with Crippen molar-refractivity contribution in [3.8, 4) is 0 Å². The molecular weight excluding hydrogens is 261 g/mol. The summed E-state index contributed by atoms with van der Waals surface area (Å²) in [7, 11) is 1.71. The lowest BCUT2D eigenvalue weighted by Gasteiger charge is -2.23. The lowest BCUT2D eigenvalue weighted by molar-refractivity contribution is 0.603. The van der Waals surface area contributed by atoms with Crippen molar-refractivity contribution in [1.29, 1.82) is 0 Å². The van der Waals surface area contributed by atoms with Crippen LogP contribution in [0.5, 0.6) is 0 Å². The lowest BCUT2D eigenvalue weighted by Crippen LogP contribution is -2.43. The number of hydrogen-bond donors (Lipinski definition) is 2. The molecular formula is C14H22FN3S. The predicted molar refractivity (Wildman–Crippen MR) is 82.2 cm³/mol. The molecule has 1 aromatic carbocycles. The minimum atomic E-state index is -0.199. The van der Waals surface area contributed by atoms with Crippen LogP contribution < -0.4 is 10.6 Å². The number of rotatable bonds is 5. The molecule has 1 rings (SSSR count). The highest BCUT2D eigenvalue weighted by Crippen LogP contribution is 2.19. The van der Waals surface area contributed by atoms with E-state index in [4.69, 9.17) is 0 Å². The Kier molecular flexibility index (Phi) is 6.15. The van der Waals surface area contributed by atoms with Gasteiger partial charge in [0.15, 0.2) is 5.96 Å². The summed E-state index contributed by atoms with van der Waals surface area (Å²) in [4.78, 5) is 4.13. The van der Waals surface area contributed by atoms with E-state index in [1.807, 2.05) is 6.07 Å². The van der Waals surface area contributed by atoms with E-state index < -0.39 is 0 Å². The van der Waals surface area contributed by atoms with Gasteiger partial charge in [-0.25, -0.2) is 4.39 Å². The Morgan fingerprint density at radius 1 is 1.32 bits per heavy atom. The van der Waals surface area contributed by atoms with Crippen molar-refractivity contribution in [2.75, 3.05) is 19.8 Å². The Hall–Kier alpha value is -1.23. The van der Waals surface area contributed by atoms with Gasteiger partial charge in [-0.3, -0.25) is 4.99 Å². The second kappa shape index (κ2) is 7.38. The Morgan fingerprint density at radius 3 is 2.58 bits per heavy atom. The van der Waals surface area contributed by atoms with E-state index in [-0.39, 0.29) is 10.6 Å². The first-order valence-electron chi connectivity index (χ1n) is 6.21. The SMILES string of the molecule is CN=C(NCc1ccccc1F)NCC(C)(C)SC. The van der Waals surface area contributed by atoms with Crippen LogP contribution in [0.4, 0.5) is 4.39 Å². The van der Waals surface area contributed by atoms with Gasteiger partial charge >= 0.3 is 0 Å². The topological polar surface area (TPSA) is 36.4 Å². The maximum Gasteiger partial charge on any atom is 0.191 e. The Morgan fingerprint density at radius 2 is 2.00 bits per heavy atom. The molecule has 0 heterocycles. The molecule has 0 aliphatic heterocycles. The third kappa shape index (κ3) is 5.51. The van der Waals surface area contributed by atoms with Crippen LogP contribution in [-0.2, 0) is 6.54 Å². The molecule has 0 atom stereocenters. The average molecular weight is 283 g/mol. The second-order valence-corrected chi connectivity index (χ2v) is 6.35. The van der Waals surface area contributed by atoms with Crippen LogP contribution in [-0.4, -0.2) is 30.6 Å². The molecule has 3 nitrogen and oxygen atoms in total. The molecule has 1 aromatic rings. The number of aliphatic imine (C=N–C) groups is 1. The first-order valence-corrected chi connectivity index (χ1v) is 7.44. The van der Waals surface area contributed by atoms with E-state index in [2.05, 4.69) is 35.7 Å². The van der Waals surface area contributed by atoms with Gasteiger partial charge in [0.25, 0.3) is 0 Å². The standard InChI is InChI=1S/C14H22FN3S/c1-14(2,19-4)10-18-13(16-3)17-9-11-7-5-6-8-12(11)15/h5-8H,9-10H2,1-4H3,(H2,16,17,18). The fourth-order valence-electron chi connectivity index (χ4n) is 1.41. The summed E-state index contributed by atoms with van der Waals surface area (Å²) in [6.45, 7) is 5.54. The number of halogens is 1. The van der Waals surface area contributed by atoms with Crippen LogP contribution in [0.25, 0.3) is 0 Å². The van der Waals surface area contributed by atoms with Crippen LogP contribution in [0.1, 0.15) is 19.4 Å². The molecule has 0 aromatic heterocycles. The minimum absolute atomic E-state index is 0.135. The van der Waals surface area contributed by atoms with Gasteiger partial charge in [0.2, 0.25) is 0 Å². The van der Waals surface area contributed by atoms with E-state index in [9.17, 15) is 4.39 Å². The predicted octanol–water partition coefficient (Wildman–Crippen LogP) is 2.63. The molecule has 2 N–H and O–H groups in total. The molecule has 0 bridgehead atoms. The van der Waals surface area contributed by atoms with E-state index in [1.165, 1.54) is 6.07 Å². The zero-order valence-corrected chi connectivity index (χ0v) is 12.8. The highest BCUT2D eigenvalue weighted by molar-refractivity contribution is 7.99. The van der Waals surface area contributed by atoms with Gasteiger partial charge in [0.05, 0.1) is 0 Å². The normalized spacial score (nSPS) is 12.4. The first kappa shape index (κ1) is 15.8. The van der Waals surface area contributed by atoms with Gasteiger partial charge in [-0.1, -0.05) is 18.2 Å². The van der Waals surface area contributed by atoms with E-state index in [0.717, 1.165) is 6.54 Å². The van der Waals surface area contributed by atoms with E-state index in [1.54, 1.807) is 30.9 Å². The fraction of sp³-hybridized carbons (Fsp3) is 0.500. The van der Waals surface area contributed by atoms with Crippen LogP contribution >= 0.6 is 11.8 Å². The van der Waals surface area contributed by atoms with Gasteiger partial charge in [0.1, 0.15) is 5.82 Å². The summed E-state index contributed by atoms with van der Waals surface area (Å²) in [5, 5.41) is 6.36. The average Bonchev–Trinajstić information content (AvgIpc) is 2.41. The third-order valence-corrected chi connectivity index (χ3v) is 4.11. The number of thioether (sulfide) groups is 1.